The molecule has 0 saturated heterocycles. The van der Waals surface area contributed by atoms with Crippen LogP contribution in [-0.2, 0) is 12.8 Å². The van der Waals surface area contributed by atoms with Gasteiger partial charge >= 0.3 is 0 Å². The Bertz CT molecular complexity index is 1750. The van der Waals surface area contributed by atoms with Crippen molar-refractivity contribution < 1.29 is 49.7 Å². The van der Waals surface area contributed by atoms with Crippen molar-refractivity contribution >= 4 is 33.1 Å². The van der Waals surface area contributed by atoms with E-state index in [1.165, 1.54) is 40.2 Å². The van der Waals surface area contributed by atoms with E-state index in [0.717, 1.165) is 0 Å². The standard InChI is InChI=1S/C32H30O10/c1-31(39)9-17-23(15-5-13(41-3)7-19(33)25(15)29(37)27(17)21(35)11-31)24-16-6-14(42-4)8-20(34)26(16)30(38)28-18(24)10-32(2,40)12-22(28)36/h5-8,33-34,37-40H,9-12H2,1-4H3. The molecule has 0 saturated carbocycles. The second kappa shape index (κ2) is 8.98. The molecule has 0 fully saturated rings. The highest BCUT2D eigenvalue weighted by molar-refractivity contribution is 6.21. The molecular formula is C32H30O10. The summed E-state index contributed by atoms with van der Waals surface area (Å²) in [4.78, 5) is 27.0. The number of carbonyl (C=O) groups is 2. The lowest BCUT2D eigenvalue weighted by molar-refractivity contribution is 0.0393. The van der Waals surface area contributed by atoms with Gasteiger partial charge in [0.05, 0.1) is 47.3 Å². The average molecular weight is 575 g/mol. The molecule has 0 bridgehead atoms. The Morgan fingerprint density at radius 3 is 1.29 bits per heavy atom. The molecule has 10 heteroatoms. The Hall–Kier alpha value is -4.54. The van der Waals surface area contributed by atoms with Crippen LogP contribution < -0.4 is 9.47 Å². The maximum atomic E-state index is 13.5. The fourth-order valence-corrected chi connectivity index (χ4v) is 6.72. The zero-order chi connectivity index (χ0) is 30.5. The molecule has 0 radical (unpaired) electrons. The van der Waals surface area contributed by atoms with Gasteiger partial charge in [0.2, 0.25) is 0 Å². The van der Waals surface area contributed by atoms with Crippen LogP contribution in [0.25, 0.3) is 32.7 Å². The van der Waals surface area contributed by atoms with Crippen molar-refractivity contribution in [2.75, 3.05) is 14.2 Å². The molecule has 2 aliphatic rings. The van der Waals surface area contributed by atoms with Gasteiger partial charge in [-0.15, -0.1) is 0 Å². The summed E-state index contributed by atoms with van der Waals surface area (Å²) in [5.41, 5.74) is -2.20. The first kappa shape index (κ1) is 27.6. The minimum Gasteiger partial charge on any atom is -0.507 e. The van der Waals surface area contributed by atoms with Gasteiger partial charge in [0, 0.05) is 48.6 Å². The molecule has 0 spiro atoms. The number of phenols is 4. The molecule has 4 aromatic carbocycles. The largest absolute Gasteiger partial charge is 0.507 e. The third-order valence-corrected chi connectivity index (χ3v) is 8.35. The molecule has 4 aromatic rings. The van der Waals surface area contributed by atoms with E-state index in [9.17, 15) is 40.2 Å². The van der Waals surface area contributed by atoms with Crippen molar-refractivity contribution in [3.8, 4) is 45.6 Å². The van der Waals surface area contributed by atoms with Crippen LogP contribution in [0, 0.1) is 0 Å². The summed E-state index contributed by atoms with van der Waals surface area (Å²) in [7, 11) is 2.78. The minimum absolute atomic E-state index is 0.0598. The van der Waals surface area contributed by atoms with E-state index >= 15 is 0 Å². The van der Waals surface area contributed by atoms with Crippen molar-refractivity contribution in [3.05, 3.63) is 46.5 Å². The lowest BCUT2D eigenvalue weighted by atomic mass is 9.71. The third-order valence-electron chi connectivity index (χ3n) is 8.35. The number of methoxy groups -OCH3 is 2. The number of aliphatic hydroxyl groups is 2. The van der Waals surface area contributed by atoms with Crippen molar-refractivity contribution in [1.29, 1.82) is 0 Å². The first-order valence-electron chi connectivity index (χ1n) is 13.4. The molecule has 6 rings (SSSR count). The first-order chi connectivity index (χ1) is 19.7. The molecular weight excluding hydrogens is 544 g/mol. The fourth-order valence-electron chi connectivity index (χ4n) is 6.72. The average Bonchev–Trinajstić information content (AvgIpc) is 2.87. The molecule has 2 unspecified atom stereocenters. The maximum absolute atomic E-state index is 13.5. The van der Waals surface area contributed by atoms with Crippen LogP contribution in [0.15, 0.2) is 24.3 Å². The highest BCUT2D eigenvalue weighted by Gasteiger charge is 2.42. The minimum atomic E-state index is -1.51. The topological polar surface area (TPSA) is 174 Å². The van der Waals surface area contributed by atoms with Crippen LogP contribution in [0.1, 0.15) is 58.5 Å². The van der Waals surface area contributed by atoms with Gasteiger partial charge < -0.3 is 40.1 Å². The molecule has 0 aliphatic heterocycles. The molecule has 0 aromatic heterocycles. The van der Waals surface area contributed by atoms with Crippen molar-refractivity contribution in [3.63, 3.8) is 0 Å². The normalized spacial score (nSPS) is 21.9. The number of Topliss-reactive ketones (excluding diaryl/α,β-unsaturated/α-hetero) is 2. The Morgan fingerprint density at radius 2 is 0.952 bits per heavy atom. The summed E-state index contributed by atoms with van der Waals surface area (Å²) in [6, 6.07) is 5.67. The molecule has 218 valence electrons. The second-order valence-electron chi connectivity index (χ2n) is 11.8. The van der Waals surface area contributed by atoms with Gasteiger partial charge in [-0.05, 0) is 48.2 Å². The number of phenolic OH excluding ortho intramolecular Hbond substituents is 4. The number of hydrogen-bond acceptors (Lipinski definition) is 10. The van der Waals surface area contributed by atoms with E-state index in [1.807, 2.05) is 0 Å². The van der Waals surface area contributed by atoms with Gasteiger partial charge in [-0.1, -0.05) is 0 Å². The summed E-state index contributed by atoms with van der Waals surface area (Å²) < 4.78 is 10.8. The van der Waals surface area contributed by atoms with E-state index in [-0.39, 0.29) is 104 Å². The fraction of sp³-hybridized carbons (Fsp3) is 0.312. The van der Waals surface area contributed by atoms with Gasteiger partial charge in [0.25, 0.3) is 0 Å². The number of aromatic hydroxyl groups is 4. The van der Waals surface area contributed by atoms with E-state index in [2.05, 4.69) is 0 Å². The first-order valence-corrected chi connectivity index (χ1v) is 13.4. The molecule has 42 heavy (non-hydrogen) atoms. The number of hydrogen-bond donors (Lipinski definition) is 6. The number of ketones is 2. The maximum Gasteiger partial charge on any atom is 0.169 e. The number of benzene rings is 4. The van der Waals surface area contributed by atoms with E-state index in [0.29, 0.717) is 0 Å². The van der Waals surface area contributed by atoms with Gasteiger partial charge in [0.1, 0.15) is 34.5 Å². The van der Waals surface area contributed by atoms with Crippen molar-refractivity contribution in [1.82, 2.24) is 0 Å². The highest BCUT2D eigenvalue weighted by atomic mass is 16.5. The monoisotopic (exact) mass is 574 g/mol. The van der Waals surface area contributed by atoms with Crippen molar-refractivity contribution in [2.45, 2.75) is 50.7 Å². The SMILES string of the molecule is COc1cc(O)c2c(O)c3c(c(-c4c5c(c(O)c6c(O)cc(OC)cc46)C(=O)CC(C)(O)C5)c2c1)CC(C)(O)CC3=O. The zero-order valence-electron chi connectivity index (χ0n) is 23.5. The number of fused-ring (bicyclic) bond motifs is 4. The van der Waals surface area contributed by atoms with Crippen LogP contribution in [0.2, 0.25) is 0 Å². The van der Waals surface area contributed by atoms with Gasteiger partial charge in [-0.2, -0.15) is 0 Å². The summed E-state index contributed by atoms with van der Waals surface area (Å²) in [6.45, 7) is 2.99. The predicted octanol–water partition coefficient (Wildman–Crippen LogP) is 4.26. The number of carbonyl (C=O) groups excluding carboxylic acids is 2. The molecule has 0 heterocycles. The number of ether oxygens (including phenoxy) is 2. The Kier molecular flexibility index (Phi) is 5.90. The van der Waals surface area contributed by atoms with Crippen molar-refractivity contribution in [2.24, 2.45) is 0 Å². The van der Waals surface area contributed by atoms with Gasteiger partial charge in [0.15, 0.2) is 11.6 Å². The van der Waals surface area contributed by atoms with Gasteiger partial charge in [-0.25, -0.2) is 0 Å². The summed E-state index contributed by atoms with van der Waals surface area (Å²) >= 11 is 0. The third kappa shape index (κ3) is 3.93. The molecule has 10 nitrogen and oxygen atoms in total. The Labute approximate surface area is 240 Å². The molecule has 6 N–H and O–H groups in total. The summed E-state index contributed by atoms with van der Waals surface area (Å²) in [5.74, 6) is -2.37. The van der Waals surface area contributed by atoms with Crippen LogP contribution in [0.5, 0.6) is 34.5 Å². The Morgan fingerprint density at radius 1 is 0.595 bits per heavy atom. The lowest BCUT2D eigenvalue weighted by Gasteiger charge is -2.35. The Balaban J connectivity index is 1.95. The molecule has 2 aliphatic carbocycles. The number of rotatable bonds is 3. The quantitative estimate of drug-likeness (QED) is 0.207. The lowest BCUT2D eigenvalue weighted by Crippen LogP contribution is -2.37. The predicted molar refractivity (Wildman–Crippen MR) is 153 cm³/mol. The highest BCUT2D eigenvalue weighted by Crippen LogP contribution is 2.55. The summed E-state index contributed by atoms with van der Waals surface area (Å²) in [6.07, 6.45) is -0.762. The molecule has 2 atom stereocenters. The van der Waals surface area contributed by atoms with E-state index < -0.39 is 34.3 Å². The van der Waals surface area contributed by atoms with Crippen LogP contribution in [-0.4, -0.2) is 67.6 Å². The van der Waals surface area contributed by atoms with Crippen LogP contribution in [0.3, 0.4) is 0 Å². The molecule has 0 amide bonds. The van der Waals surface area contributed by atoms with Crippen LogP contribution in [0.4, 0.5) is 0 Å². The smallest absolute Gasteiger partial charge is 0.169 e. The zero-order valence-corrected chi connectivity index (χ0v) is 23.5. The second-order valence-corrected chi connectivity index (χ2v) is 11.8. The van der Waals surface area contributed by atoms with E-state index in [1.54, 1.807) is 12.1 Å². The van der Waals surface area contributed by atoms with Gasteiger partial charge in [-0.3, -0.25) is 9.59 Å². The van der Waals surface area contributed by atoms with Crippen LogP contribution >= 0.6 is 0 Å². The summed E-state index contributed by atoms with van der Waals surface area (Å²) in [5, 5.41) is 67.6. The van der Waals surface area contributed by atoms with E-state index in [4.69, 9.17) is 9.47 Å².